The van der Waals surface area contributed by atoms with E-state index < -0.39 is 4.32 Å². The second-order valence-corrected chi connectivity index (χ2v) is 13.1. The fraction of sp³-hybridized carbons (Fsp3) is 0.963. The maximum atomic E-state index is 13.1. The summed E-state index contributed by atoms with van der Waals surface area (Å²) in [6.07, 6.45) is 12.2. The SMILES string of the molecule is CCCCO[C@H]1C[C@H]2C3CCC4C[C@@H](OCOC)CC[C@]4(C)C3CC[C@]2(C)[C@@]1(Br)C(C)=O. The number of unbranched alkanes of at least 4 members (excludes halogenated alkanes) is 1. The zero-order valence-electron chi connectivity index (χ0n) is 21.0. The summed E-state index contributed by atoms with van der Waals surface area (Å²) in [6, 6.07) is 0. The lowest BCUT2D eigenvalue weighted by molar-refractivity contribution is -0.152. The first kappa shape index (κ1) is 25.1. The van der Waals surface area contributed by atoms with Gasteiger partial charge in [0.05, 0.1) is 12.2 Å². The van der Waals surface area contributed by atoms with Gasteiger partial charge in [-0.2, -0.15) is 0 Å². The molecule has 4 rings (SSSR count). The Bertz CT molecular complexity index is 685. The number of alkyl halides is 1. The number of hydrogen-bond acceptors (Lipinski definition) is 4. The molecule has 4 fully saturated rings. The lowest BCUT2D eigenvalue weighted by Crippen LogP contribution is -2.58. The van der Waals surface area contributed by atoms with Crippen LogP contribution in [-0.4, -0.2) is 42.8 Å². The van der Waals surface area contributed by atoms with Crippen LogP contribution in [0.1, 0.15) is 91.9 Å². The number of hydrogen-bond donors (Lipinski definition) is 0. The van der Waals surface area contributed by atoms with E-state index in [1.54, 1.807) is 14.0 Å². The molecule has 5 heteroatoms. The number of ether oxygens (including phenoxy) is 3. The van der Waals surface area contributed by atoms with Crippen molar-refractivity contribution in [3.05, 3.63) is 0 Å². The molecule has 4 aliphatic rings. The van der Waals surface area contributed by atoms with Gasteiger partial charge in [-0.05, 0) is 99.2 Å². The molecule has 9 atom stereocenters. The van der Waals surface area contributed by atoms with Crippen LogP contribution in [-0.2, 0) is 19.0 Å². The fourth-order valence-corrected chi connectivity index (χ4v) is 9.49. The minimum atomic E-state index is -0.535. The van der Waals surface area contributed by atoms with Gasteiger partial charge in [-0.15, -0.1) is 0 Å². The van der Waals surface area contributed by atoms with Gasteiger partial charge in [0.2, 0.25) is 0 Å². The van der Waals surface area contributed by atoms with Crippen LogP contribution in [0, 0.1) is 34.5 Å². The van der Waals surface area contributed by atoms with Gasteiger partial charge < -0.3 is 14.2 Å². The molecule has 3 unspecified atom stereocenters. The molecule has 0 amide bonds. The lowest BCUT2D eigenvalue weighted by Gasteiger charge is -2.61. The summed E-state index contributed by atoms with van der Waals surface area (Å²) in [6.45, 7) is 10.1. The van der Waals surface area contributed by atoms with E-state index in [2.05, 4.69) is 36.7 Å². The molecule has 0 aromatic rings. The molecule has 0 N–H and O–H groups in total. The topological polar surface area (TPSA) is 44.8 Å². The molecule has 0 aliphatic heterocycles. The predicted molar refractivity (Wildman–Crippen MR) is 131 cm³/mol. The standard InChI is InChI=1S/C27H45BrO4/c1-6-7-14-31-24-16-23-21-9-8-19-15-20(32-17-30-5)10-12-25(19,3)22(21)11-13-26(23,4)27(24,28)18(2)29/h19-24H,6-17H2,1-5H3/t19?,20-,21?,22?,23-,24-,25-,26-,27+/m0/s1. The molecular weight excluding hydrogens is 468 g/mol. The maximum absolute atomic E-state index is 13.1. The van der Waals surface area contributed by atoms with Crippen molar-refractivity contribution in [3.63, 3.8) is 0 Å². The van der Waals surface area contributed by atoms with E-state index in [0.29, 0.717) is 30.1 Å². The number of carbonyl (C=O) groups is 1. The lowest BCUT2D eigenvalue weighted by atomic mass is 9.44. The average Bonchev–Trinajstić information content (AvgIpc) is 3.00. The summed E-state index contributed by atoms with van der Waals surface area (Å²) >= 11 is 4.05. The van der Waals surface area contributed by atoms with E-state index in [9.17, 15) is 4.79 Å². The van der Waals surface area contributed by atoms with Crippen LogP contribution < -0.4 is 0 Å². The van der Waals surface area contributed by atoms with Gasteiger partial charge in [0, 0.05) is 13.7 Å². The molecule has 0 spiro atoms. The number of halogens is 1. The van der Waals surface area contributed by atoms with Gasteiger partial charge in [0.15, 0.2) is 0 Å². The summed E-state index contributed by atoms with van der Waals surface area (Å²) in [5.74, 6) is 3.06. The van der Waals surface area contributed by atoms with Crippen molar-refractivity contribution in [2.75, 3.05) is 20.5 Å². The summed E-state index contributed by atoms with van der Waals surface area (Å²) < 4.78 is 17.1. The van der Waals surface area contributed by atoms with Crippen LogP contribution in [0.15, 0.2) is 0 Å². The Morgan fingerprint density at radius 1 is 1.03 bits per heavy atom. The largest absolute Gasteiger partial charge is 0.376 e. The fourth-order valence-electron chi connectivity index (χ4n) is 8.68. The Labute approximate surface area is 204 Å². The molecule has 4 saturated carbocycles. The van der Waals surface area contributed by atoms with E-state index >= 15 is 0 Å². The third kappa shape index (κ3) is 3.85. The Balaban J connectivity index is 1.55. The molecule has 0 heterocycles. The molecule has 4 nitrogen and oxygen atoms in total. The first-order valence-electron chi connectivity index (χ1n) is 13.1. The summed E-state index contributed by atoms with van der Waals surface area (Å²) in [5, 5.41) is 0. The smallest absolute Gasteiger partial charge is 0.149 e. The van der Waals surface area contributed by atoms with Crippen LogP contribution >= 0.6 is 15.9 Å². The molecule has 0 aromatic carbocycles. The number of ketones is 1. The second-order valence-electron chi connectivity index (χ2n) is 11.8. The molecule has 184 valence electrons. The third-order valence-electron chi connectivity index (χ3n) is 10.5. The second kappa shape index (κ2) is 9.59. The molecule has 0 radical (unpaired) electrons. The number of fused-ring (bicyclic) bond motifs is 5. The monoisotopic (exact) mass is 512 g/mol. The highest BCUT2D eigenvalue weighted by Gasteiger charge is 2.69. The summed E-state index contributed by atoms with van der Waals surface area (Å²) in [5.41, 5.74) is 0.391. The Hall–Kier alpha value is 0.0300. The third-order valence-corrected chi connectivity index (χ3v) is 12.5. The highest BCUT2D eigenvalue weighted by atomic mass is 79.9. The molecule has 0 bridgehead atoms. The summed E-state index contributed by atoms with van der Waals surface area (Å²) in [4.78, 5) is 13.1. The normalized spacial score (nSPS) is 48.1. The van der Waals surface area contributed by atoms with Crippen molar-refractivity contribution in [2.45, 2.75) is 108 Å². The number of methoxy groups -OCH3 is 1. The molecule has 0 saturated heterocycles. The highest BCUT2D eigenvalue weighted by Crippen LogP contribution is 2.70. The van der Waals surface area contributed by atoms with Crippen molar-refractivity contribution in [1.29, 1.82) is 0 Å². The minimum absolute atomic E-state index is 0.00371. The van der Waals surface area contributed by atoms with Crippen LogP contribution in [0.5, 0.6) is 0 Å². The highest BCUT2D eigenvalue weighted by molar-refractivity contribution is 9.10. The van der Waals surface area contributed by atoms with Crippen LogP contribution in [0.25, 0.3) is 0 Å². The van der Waals surface area contributed by atoms with E-state index in [4.69, 9.17) is 14.2 Å². The zero-order chi connectivity index (χ0) is 23.1. The van der Waals surface area contributed by atoms with Crippen LogP contribution in [0.3, 0.4) is 0 Å². The molecule has 0 aromatic heterocycles. The van der Waals surface area contributed by atoms with Gasteiger partial charge in [0.25, 0.3) is 0 Å². The van der Waals surface area contributed by atoms with E-state index in [-0.39, 0.29) is 17.3 Å². The number of Topliss-reactive ketones (excluding diaryl/α,β-unsaturated/α-hetero) is 1. The van der Waals surface area contributed by atoms with Crippen molar-refractivity contribution in [2.24, 2.45) is 34.5 Å². The van der Waals surface area contributed by atoms with E-state index in [1.165, 1.54) is 32.1 Å². The average molecular weight is 514 g/mol. The maximum Gasteiger partial charge on any atom is 0.149 e. The molecule has 4 aliphatic carbocycles. The van der Waals surface area contributed by atoms with E-state index in [0.717, 1.165) is 50.5 Å². The number of carbonyl (C=O) groups excluding carboxylic acids is 1. The number of rotatable bonds is 8. The van der Waals surface area contributed by atoms with Crippen molar-refractivity contribution < 1.29 is 19.0 Å². The Kier molecular flexibility index (Phi) is 7.53. The Morgan fingerprint density at radius 3 is 2.50 bits per heavy atom. The van der Waals surface area contributed by atoms with Crippen molar-refractivity contribution in [1.82, 2.24) is 0 Å². The van der Waals surface area contributed by atoms with Gasteiger partial charge in [-0.25, -0.2) is 0 Å². The predicted octanol–water partition coefficient (Wildman–Crippen LogP) is 6.54. The van der Waals surface area contributed by atoms with Crippen molar-refractivity contribution >= 4 is 21.7 Å². The van der Waals surface area contributed by atoms with Crippen LogP contribution in [0.4, 0.5) is 0 Å². The van der Waals surface area contributed by atoms with Gasteiger partial charge >= 0.3 is 0 Å². The summed E-state index contributed by atoms with van der Waals surface area (Å²) in [7, 11) is 1.71. The first-order chi connectivity index (χ1) is 15.2. The van der Waals surface area contributed by atoms with E-state index in [1.807, 2.05) is 0 Å². The van der Waals surface area contributed by atoms with Crippen molar-refractivity contribution in [3.8, 4) is 0 Å². The first-order valence-corrected chi connectivity index (χ1v) is 13.9. The van der Waals surface area contributed by atoms with Gasteiger partial charge in [0.1, 0.15) is 16.9 Å². The van der Waals surface area contributed by atoms with Crippen LogP contribution in [0.2, 0.25) is 0 Å². The molecular formula is C27H45BrO4. The zero-order valence-corrected chi connectivity index (χ0v) is 22.5. The van der Waals surface area contributed by atoms with Gasteiger partial charge in [-0.3, -0.25) is 4.79 Å². The molecule has 32 heavy (non-hydrogen) atoms. The minimum Gasteiger partial charge on any atom is -0.376 e. The Morgan fingerprint density at radius 2 is 1.81 bits per heavy atom. The van der Waals surface area contributed by atoms with Gasteiger partial charge in [-0.1, -0.05) is 43.1 Å². The quantitative estimate of drug-likeness (QED) is 0.210.